The quantitative estimate of drug-likeness (QED) is 0.756. The van der Waals surface area contributed by atoms with E-state index in [4.69, 9.17) is 0 Å². The molecule has 1 aliphatic heterocycles. The average Bonchev–Trinajstić information content (AvgIpc) is 2.97. The van der Waals surface area contributed by atoms with Crippen LogP contribution in [0.25, 0.3) is 5.65 Å². The highest BCUT2D eigenvalue weighted by Crippen LogP contribution is 2.22. The van der Waals surface area contributed by atoms with Gasteiger partial charge in [0.2, 0.25) is 0 Å². The lowest BCUT2D eigenvalue weighted by Gasteiger charge is -2.10. The molecule has 0 amide bonds. The van der Waals surface area contributed by atoms with Gasteiger partial charge in [0.1, 0.15) is 6.33 Å². The van der Waals surface area contributed by atoms with E-state index >= 15 is 0 Å². The molecule has 2 aromatic heterocycles. The molecule has 2 N–H and O–H groups in total. The van der Waals surface area contributed by atoms with Gasteiger partial charge in [0, 0.05) is 19.5 Å². The topological polar surface area (TPSA) is 67.1 Å². The molecule has 6 nitrogen and oxygen atoms in total. The van der Waals surface area contributed by atoms with Crippen LogP contribution in [0.5, 0.6) is 0 Å². The van der Waals surface area contributed by atoms with E-state index in [1.54, 1.807) is 10.8 Å². The van der Waals surface area contributed by atoms with E-state index in [0.717, 1.165) is 36.7 Å². The summed E-state index contributed by atoms with van der Waals surface area (Å²) in [4.78, 5) is 8.77. The molecule has 0 saturated carbocycles. The summed E-state index contributed by atoms with van der Waals surface area (Å²) in [6, 6.07) is 0. The standard InChI is InChI=1S/C10H14N6/c1-11-9-10-13-6-14-16(10)5-8(15-9)7-2-3-12-4-7/h5-7,12H,2-4H2,1H3,(H,11,15)/t7-/m0/s1. The summed E-state index contributed by atoms with van der Waals surface area (Å²) in [5.74, 6) is 1.28. The zero-order valence-electron chi connectivity index (χ0n) is 9.14. The Balaban J connectivity index is 2.10. The molecule has 1 atom stereocenters. The first-order valence-corrected chi connectivity index (χ1v) is 5.47. The number of fused-ring (bicyclic) bond motifs is 1. The fourth-order valence-corrected chi connectivity index (χ4v) is 2.12. The van der Waals surface area contributed by atoms with Crippen LogP contribution in [-0.4, -0.2) is 39.7 Å². The van der Waals surface area contributed by atoms with Crippen LogP contribution >= 0.6 is 0 Å². The lowest BCUT2D eigenvalue weighted by atomic mass is 10.1. The van der Waals surface area contributed by atoms with Gasteiger partial charge in [-0.05, 0) is 13.0 Å². The van der Waals surface area contributed by atoms with Crippen LogP contribution in [0.15, 0.2) is 12.5 Å². The largest absolute Gasteiger partial charge is 0.370 e. The number of rotatable bonds is 2. The molecule has 0 aromatic carbocycles. The van der Waals surface area contributed by atoms with E-state index in [1.165, 1.54) is 0 Å². The number of nitrogens with zero attached hydrogens (tertiary/aromatic N) is 4. The van der Waals surface area contributed by atoms with Crippen molar-refractivity contribution in [1.29, 1.82) is 0 Å². The minimum Gasteiger partial charge on any atom is -0.370 e. The predicted molar refractivity (Wildman–Crippen MR) is 60.6 cm³/mol. The Morgan fingerprint density at radius 2 is 2.50 bits per heavy atom. The first kappa shape index (κ1) is 9.53. The van der Waals surface area contributed by atoms with Crippen molar-refractivity contribution in [3.05, 3.63) is 18.2 Å². The molecule has 16 heavy (non-hydrogen) atoms. The minimum absolute atomic E-state index is 0.487. The Kier molecular flexibility index (Phi) is 2.21. The second kappa shape index (κ2) is 3.71. The third-order valence-corrected chi connectivity index (χ3v) is 3.00. The van der Waals surface area contributed by atoms with Crippen LogP contribution in [0.1, 0.15) is 18.0 Å². The van der Waals surface area contributed by atoms with Crippen LogP contribution in [0.2, 0.25) is 0 Å². The number of hydrogen-bond donors (Lipinski definition) is 2. The van der Waals surface area contributed by atoms with Crippen LogP contribution in [0, 0.1) is 0 Å². The second-order valence-electron chi connectivity index (χ2n) is 3.98. The molecule has 0 radical (unpaired) electrons. The molecular formula is C10H14N6. The number of nitrogens with one attached hydrogen (secondary N) is 2. The van der Waals surface area contributed by atoms with Crippen molar-refractivity contribution in [2.45, 2.75) is 12.3 Å². The molecule has 0 spiro atoms. The normalized spacial score (nSPS) is 20.4. The molecule has 6 heteroatoms. The van der Waals surface area contributed by atoms with Crippen LogP contribution in [-0.2, 0) is 0 Å². The summed E-state index contributed by atoms with van der Waals surface area (Å²) < 4.78 is 1.78. The van der Waals surface area contributed by atoms with Gasteiger partial charge < -0.3 is 10.6 Å². The smallest absolute Gasteiger partial charge is 0.198 e. The Bertz CT molecular complexity index is 499. The SMILES string of the molecule is CNc1nc([C@H]2CCNC2)cn2ncnc12. The number of hydrogen-bond acceptors (Lipinski definition) is 5. The molecule has 3 rings (SSSR count). The monoisotopic (exact) mass is 218 g/mol. The Morgan fingerprint density at radius 3 is 3.25 bits per heavy atom. The van der Waals surface area contributed by atoms with E-state index in [0.29, 0.717) is 5.92 Å². The second-order valence-corrected chi connectivity index (χ2v) is 3.98. The van der Waals surface area contributed by atoms with Gasteiger partial charge in [0.25, 0.3) is 0 Å². The predicted octanol–water partition coefficient (Wildman–Crippen LogP) is 0.243. The van der Waals surface area contributed by atoms with Gasteiger partial charge >= 0.3 is 0 Å². The first-order valence-electron chi connectivity index (χ1n) is 5.47. The van der Waals surface area contributed by atoms with E-state index in [9.17, 15) is 0 Å². The van der Waals surface area contributed by atoms with Crippen molar-refractivity contribution < 1.29 is 0 Å². The van der Waals surface area contributed by atoms with Gasteiger partial charge in [-0.2, -0.15) is 5.10 Å². The van der Waals surface area contributed by atoms with Gasteiger partial charge in [0.05, 0.1) is 11.9 Å². The lowest BCUT2D eigenvalue weighted by molar-refractivity contribution is 0.721. The van der Waals surface area contributed by atoms with E-state index in [1.807, 2.05) is 13.2 Å². The molecule has 1 saturated heterocycles. The van der Waals surface area contributed by atoms with Gasteiger partial charge in [-0.25, -0.2) is 14.5 Å². The van der Waals surface area contributed by atoms with Crippen molar-refractivity contribution in [3.8, 4) is 0 Å². The average molecular weight is 218 g/mol. The third-order valence-electron chi connectivity index (χ3n) is 3.00. The number of aromatic nitrogens is 4. The van der Waals surface area contributed by atoms with Crippen molar-refractivity contribution in [2.75, 3.05) is 25.5 Å². The Morgan fingerprint density at radius 1 is 1.56 bits per heavy atom. The Hall–Kier alpha value is -1.69. The van der Waals surface area contributed by atoms with E-state index < -0.39 is 0 Å². The zero-order valence-corrected chi connectivity index (χ0v) is 9.14. The Labute approximate surface area is 93.1 Å². The fourth-order valence-electron chi connectivity index (χ4n) is 2.12. The van der Waals surface area contributed by atoms with Crippen molar-refractivity contribution in [3.63, 3.8) is 0 Å². The highest BCUT2D eigenvalue weighted by molar-refractivity contribution is 5.61. The van der Waals surface area contributed by atoms with Crippen LogP contribution in [0.3, 0.4) is 0 Å². The molecule has 1 fully saturated rings. The number of anilines is 1. The van der Waals surface area contributed by atoms with Crippen LogP contribution < -0.4 is 10.6 Å². The maximum Gasteiger partial charge on any atom is 0.198 e. The van der Waals surface area contributed by atoms with E-state index in [2.05, 4.69) is 25.7 Å². The summed E-state index contributed by atoms with van der Waals surface area (Å²) in [5.41, 5.74) is 1.85. The maximum atomic E-state index is 4.60. The highest BCUT2D eigenvalue weighted by Gasteiger charge is 2.20. The third kappa shape index (κ3) is 1.42. The maximum absolute atomic E-state index is 4.60. The van der Waals surface area contributed by atoms with Crippen molar-refractivity contribution in [2.24, 2.45) is 0 Å². The highest BCUT2D eigenvalue weighted by atomic mass is 15.3. The summed E-state index contributed by atoms with van der Waals surface area (Å²) in [6.07, 6.45) is 4.66. The van der Waals surface area contributed by atoms with Crippen molar-refractivity contribution in [1.82, 2.24) is 24.9 Å². The molecule has 1 aliphatic rings. The summed E-state index contributed by atoms with van der Waals surface area (Å²) in [5, 5.41) is 10.6. The molecule has 0 unspecified atom stereocenters. The van der Waals surface area contributed by atoms with Gasteiger partial charge in [0.15, 0.2) is 11.5 Å². The molecule has 3 heterocycles. The summed E-state index contributed by atoms with van der Waals surface area (Å²) >= 11 is 0. The first-order chi connectivity index (χ1) is 7.88. The van der Waals surface area contributed by atoms with Crippen LogP contribution in [0.4, 0.5) is 5.82 Å². The summed E-state index contributed by atoms with van der Waals surface area (Å²) in [6.45, 7) is 2.06. The van der Waals surface area contributed by atoms with Gasteiger partial charge in [-0.15, -0.1) is 0 Å². The zero-order chi connectivity index (χ0) is 11.0. The molecule has 84 valence electrons. The minimum atomic E-state index is 0.487. The molecule has 0 bridgehead atoms. The molecular weight excluding hydrogens is 204 g/mol. The van der Waals surface area contributed by atoms with Crippen molar-refractivity contribution >= 4 is 11.5 Å². The molecule has 2 aromatic rings. The lowest BCUT2D eigenvalue weighted by Crippen LogP contribution is -2.11. The molecule has 0 aliphatic carbocycles. The van der Waals surface area contributed by atoms with Gasteiger partial charge in [-0.1, -0.05) is 0 Å². The summed E-state index contributed by atoms with van der Waals surface area (Å²) in [7, 11) is 1.85. The van der Waals surface area contributed by atoms with Gasteiger partial charge in [-0.3, -0.25) is 0 Å². The van der Waals surface area contributed by atoms with E-state index in [-0.39, 0.29) is 0 Å². The fraction of sp³-hybridized carbons (Fsp3) is 0.500.